The summed E-state index contributed by atoms with van der Waals surface area (Å²) in [6, 6.07) is 16.9. The molecule has 0 heterocycles. The summed E-state index contributed by atoms with van der Waals surface area (Å²) >= 11 is 0. The summed E-state index contributed by atoms with van der Waals surface area (Å²) in [5, 5.41) is 0. The fourth-order valence-corrected chi connectivity index (χ4v) is 3.97. The van der Waals surface area contributed by atoms with Crippen LogP contribution in [0, 0.1) is 11.6 Å². The predicted octanol–water partition coefficient (Wildman–Crippen LogP) is 8.31. The van der Waals surface area contributed by atoms with Gasteiger partial charge in [-0.05, 0) is 41.7 Å². The zero-order valence-corrected chi connectivity index (χ0v) is 19.9. The van der Waals surface area contributed by atoms with Gasteiger partial charge in [0, 0.05) is 11.1 Å². The van der Waals surface area contributed by atoms with Crippen LogP contribution in [0.4, 0.5) is 8.78 Å². The molecule has 0 aliphatic carbocycles. The van der Waals surface area contributed by atoms with E-state index < -0.39 is 17.6 Å². The van der Waals surface area contributed by atoms with Gasteiger partial charge in [0.1, 0.15) is 11.6 Å². The lowest BCUT2D eigenvalue weighted by Gasteiger charge is -2.15. The molecule has 0 saturated heterocycles. The lowest BCUT2D eigenvalue weighted by molar-refractivity contribution is -0.241. The highest BCUT2D eigenvalue weighted by molar-refractivity contribution is 5.95. The number of hydrogen-bond donors (Lipinski definition) is 0. The first-order valence-electron chi connectivity index (χ1n) is 12.1. The molecular weight excluding hydrogens is 434 g/mol. The number of halogens is 2. The molecule has 0 atom stereocenters. The Labute approximate surface area is 200 Å². The minimum atomic E-state index is -0.935. The summed E-state index contributed by atoms with van der Waals surface area (Å²) in [6.45, 7) is 4.40. The number of hydrogen-bond acceptors (Lipinski definition) is 3. The molecule has 0 aromatic heterocycles. The van der Waals surface area contributed by atoms with Gasteiger partial charge in [-0.25, -0.2) is 13.6 Å². The van der Waals surface area contributed by atoms with Gasteiger partial charge < -0.3 is 0 Å². The molecule has 180 valence electrons. The highest BCUT2D eigenvalue weighted by atomic mass is 19.1. The minimum Gasteiger partial charge on any atom is -0.293 e. The number of benzene rings is 3. The maximum absolute atomic E-state index is 15.8. The van der Waals surface area contributed by atoms with Crippen molar-refractivity contribution in [1.29, 1.82) is 0 Å². The molecule has 0 amide bonds. The molecule has 0 bridgehead atoms. The third-order valence-electron chi connectivity index (χ3n) is 5.75. The molecule has 0 saturated carbocycles. The lowest BCUT2D eigenvalue weighted by atomic mass is 9.91. The Hall–Kier alpha value is -3.05. The van der Waals surface area contributed by atoms with Gasteiger partial charge in [-0.15, -0.1) is 0 Å². The van der Waals surface area contributed by atoms with Crippen LogP contribution in [0.25, 0.3) is 22.3 Å². The molecule has 3 rings (SSSR count). The highest BCUT2D eigenvalue weighted by Crippen LogP contribution is 2.37. The van der Waals surface area contributed by atoms with Gasteiger partial charge in [-0.3, -0.25) is 4.89 Å². The number of carbonyl (C=O) groups excluding carboxylic acids is 1. The van der Waals surface area contributed by atoms with Crippen molar-refractivity contribution in [3.8, 4) is 22.3 Å². The quantitative estimate of drug-likeness (QED) is 0.153. The topological polar surface area (TPSA) is 35.5 Å². The van der Waals surface area contributed by atoms with Crippen molar-refractivity contribution in [1.82, 2.24) is 0 Å². The van der Waals surface area contributed by atoms with Crippen LogP contribution in [0.3, 0.4) is 0 Å². The zero-order chi connectivity index (χ0) is 24.3. The lowest BCUT2D eigenvalue weighted by Crippen LogP contribution is -2.10. The Balaban J connectivity index is 1.90. The summed E-state index contributed by atoms with van der Waals surface area (Å²) < 4.78 is 30.9. The van der Waals surface area contributed by atoms with Gasteiger partial charge in [-0.2, -0.15) is 4.89 Å². The smallest absolute Gasteiger partial charge is 0.293 e. The van der Waals surface area contributed by atoms with Crippen molar-refractivity contribution in [3.05, 3.63) is 83.4 Å². The molecule has 0 aliphatic heterocycles. The van der Waals surface area contributed by atoms with E-state index in [-0.39, 0.29) is 23.3 Å². The Bertz CT molecular complexity index is 1080. The van der Waals surface area contributed by atoms with Crippen LogP contribution in [0.5, 0.6) is 0 Å². The average molecular weight is 467 g/mol. The molecule has 0 radical (unpaired) electrons. The van der Waals surface area contributed by atoms with Crippen LogP contribution in [-0.4, -0.2) is 12.6 Å². The summed E-state index contributed by atoms with van der Waals surface area (Å²) in [6.07, 6.45) is 6.72. The standard InChI is InChI=1S/C29H32F2O3/c1-3-5-6-7-11-19-33-34-29(32)25-18-17-23(22-13-9-8-10-14-22)27(28(25)31)24-16-15-21(12-4-2)20-26(24)30/h8-10,13-18,20H,3-7,11-12,19H2,1-2H3. The van der Waals surface area contributed by atoms with Crippen molar-refractivity contribution in [3.63, 3.8) is 0 Å². The van der Waals surface area contributed by atoms with E-state index in [1.165, 1.54) is 12.1 Å². The molecule has 3 aromatic carbocycles. The summed E-state index contributed by atoms with van der Waals surface area (Å²) in [5.74, 6) is -2.30. The maximum atomic E-state index is 15.8. The molecule has 5 heteroatoms. The molecule has 0 aliphatic rings. The van der Waals surface area contributed by atoms with Crippen LogP contribution < -0.4 is 0 Å². The van der Waals surface area contributed by atoms with Crippen molar-refractivity contribution < 1.29 is 23.4 Å². The monoisotopic (exact) mass is 466 g/mol. The van der Waals surface area contributed by atoms with E-state index in [0.29, 0.717) is 5.56 Å². The number of carbonyl (C=O) groups is 1. The maximum Gasteiger partial charge on any atom is 0.376 e. The largest absolute Gasteiger partial charge is 0.376 e. The SMILES string of the molecule is CCCCCCCOOC(=O)c1ccc(-c2ccccc2)c(-c2ccc(CCC)cc2F)c1F. The van der Waals surface area contributed by atoms with E-state index in [2.05, 4.69) is 6.92 Å². The molecule has 0 unspecified atom stereocenters. The first-order chi connectivity index (χ1) is 16.6. The summed E-state index contributed by atoms with van der Waals surface area (Å²) in [4.78, 5) is 22.5. The van der Waals surface area contributed by atoms with E-state index >= 15 is 8.78 Å². The van der Waals surface area contributed by atoms with Crippen molar-refractivity contribution in [2.24, 2.45) is 0 Å². The summed E-state index contributed by atoms with van der Waals surface area (Å²) in [7, 11) is 0. The van der Waals surface area contributed by atoms with Crippen LogP contribution >= 0.6 is 0 Å². The second kappa shape index (κ2) is 13.0. The van der Waals surface area contributed by atoms with E-state index in [1.54, 1.807) is 18.2 Å². The van der Waals surface area contributed by atoms with Crippen molar-refractivity contribution in [2.75, 3.05) is 6.61 Å². The van der Waals surface area contributed by atoms with Gasteiger partial charge in [0.25, 0.3) is 0 Å². The van der Waals surface area contributed by atoms with Gasteiger partial charge in [0.2, 0.25) is 0 Å². The molecule has 34 heavy (non-hydrogen) atoms. The number of aryl methyl sites for hydroxylation is 1. The molecule has 3 aromatic rings. The first-order valence-corrected chi connectivity index (χ1v) is 12.1. The molecule has 0 spiro atoms. The van der Waals surface area contributed by atoms with Crippen LogP contribution in [0.1, 0.15) is 68.3 Å². The molecule has 0 fully saturated rings. The Morgan fingerprint density at radius 1 is 0.824 bits per heavy atom. The van der Waals surface area contributed by atoms with Crippen molar-refractivity contribution in [2.45, 2.75) is 58.8 Å². The fourth-order valence-electron chi connectivity index (χ4n) is 3.97. The fraction of sp³-hybridized carbons (Fsp3) is 0.345. The highest BCUT2D eigenvalue weighted by Gasteiger charge is 2.24. The van der Waals surface area contributed by atoms with E-state index in [9.17, 15) is 4.79 Å². The van der Waals surface area contributed by atoms with Gasteiger partial charge >= 0.3 is 5.97 Å². The van der Waals surface area contributed by atoms with Crippen molar-refractivity contribution >= 4 is 5.97 Å². The van der Waals surface area contributed by atoms with Crippen LogP contribution in [0.2, 0.25) is 0 Å². The second-order valence-electron chi connectivity index (χ2n) is 8.39. The van der Waals surface area contributed by atoms with Gasteiger partial charge in [0.15, 0.2) is 0 Å². The minimum absolute atomic E-state index is 0.0285. The van der Waals surface area contributed by atoms with Crippen LogP contribution in [0.15, 0.2) is 60.7 Å². The van der Waals surface area contributed by atoms with Gasteiger partial charge in [-0.1, -0.05) is 94.5 Å². The summed E-state index contributed by atoms with van der Waals surface area (Å²) in [5.41, 5.74) is 1.89. The predicted molar refractivity (Wildman–Crippen MR) is 131 cm³/mol. The Morgan fingerprint density at radius 3 is 2.26 bits per heavy atom. The molecule has 0 N–H and O–H groups in total. The van der Waals surface area contributed by atoms with E-state index in [1.807, 2.05) is 37.3 Å². The normalized spacial score (nSPS) is 10.9. The third kappa shape index (κ3) is 6.51. The Kier molecular flexibility index (Phi) is 9.77. The first kappa shape index (κ1) is 25.6. The molecular formula is C29H32F2O3. The average Bonchev–Trinajstić information content (AvgIpc) is 2.84. The second-order valence-corrected chi connectivity index (χ2v) is 8.39. The number of unbranched alkanes of at least 4 members (excludes halogenated alkanes) is 4. The third-order valence-corrected chi connectivity index (χ3v) is 5.75. The number of rotatable bonds is 12. The molecule has 3 nitrogen and oxygen atoms in total. The Morgan fingerprint density at radius 2 is 1.56 bits per heavy atom. The van der Waals surface area contributed by atoms with Gasteiger partial charge in [0.05, 0.1) is 12.2 Å². The zero-order valence-electron chi connectivity index (χ0n) is 19.9. The van der Waals surface area contributed by atoms with E-state index in [0.717, 1.165) is 56.1 Å². The van der Waals surface area contributed by atoms with Crippen LogP contribution in [-0.2, 0) is 16.2 Å². The van der Waals surface area contributed by atoms with E-state index in [4.69, 9.17) is 9.78 Å².